The van der Waals surface area contributed by atoms with Gasteiger partial charge in [0.25, 0.3) is 5.91 Å². The Kier molecular flexibility index (Phi) is 4.35. The Hall–Kier alpha value is -2.36. The van der Waals surface area contributed by atoms with Gasteiger partial charge in [-0.1, -0.05) is 23.8 Å². The number of halogens is 1. The number of hydrogen-bond donors (Lipinski definition) is 1. The van der Waals surface area contributed by atoms with Crippen molar-refractivity contribution in [1.82, 2.24) is 5.32 Å². The fourth-order valence-electron chi connectivity index (χ4n) is 1.89. The SMILES string of the molecule is COc1ccc(CNC(=O)c2cccc(C)c2)cc1F. The number of rotatable bonds is 4. The molecule has 1 N–H and O–H groups in total. The summed E-state index contributed by atoms with van der Waals surface area (Å²) in [6.07, 6.45) is 0. The van der Waals surface area contributed by atoms with Crippen molar-refractivity contribution in [2.45, 2.75) is 13.5 Å². The predicted octanol–water partition coefficient (Wildman–Crippen LogP) is 3.07. The zero-order valence-corrected chi connectivity index (χ0v) is 11.4. The Bertz CT molecular complexity index is 626. The number of methoxy groups -OCH3 is 1. The van der Waals surface area contributed by atoms with Gasteiger partial charge < -0.3 is 10.1 Å². The summed E-state index contributed by atoms with van der Waals surface area (Å²) in [7, 11) is 1.41. The molecule has 0 aromatic heterocycles. The van der Waals surface area contributed by atoms with Gasteiger partial charge in [0.1, 0.15) is 0 Å². The van der Waals surface area contributed by atoms with Crippen molar-refractivity contribution in [2.75, 3.05) is 7.11 Å². The maximum atomic E-state index is 13.5. The van der Waals surface area contributed by atoms with Crippen LogP contribution in [-0.4, -0.2) is 13.0 Å². The van der Waals surface area contributed by atoms with Crippen molar-refractivity contribution in [3.63, 3.8) is 0 Å². The summed E-state index contributed by atoms with van der Waals surface area (Å²) in [5.41, 5.74) is 2.30. The van der Waals surface area contributed by atoms with E-state index in [1.165, 1.54) is 13.2 Å². The maximum Gasteiger partial charge on any atom is 0.251 e. The van der Waals surface area contributed by atoms with Crippen molar-refractivity contribution in [3.8, 4) is 5.75 Å². The molecule has 2 rings (SSSR count). The van der Waals surface area contributed by atoms with Crippen LogP contribution in [0.4, 0.5) is 4.39 Å². The van der Waals surface area contributed by atoms with E-state index in [0.717, 1.165) is 5.56 Å². The van der Waals surface area contributed by atoms with Gasteiger partial charge in [-0.2, -0.15) is 0 Å². The second-order valence-corrected chi connectivity index (χ2v) is 4.52. The zero-order valence-electron chi connectivity index (χ0n) is 11.4. The highest BCUT2D eigenvalue weighted by Gasteiger charge is 2.07. The number of benzene rings is 2. The Balaban J connectivity index is 2.02. The van der Waals surface area contributed by atoms with Gasteiger partial charge in [0.2, 0.25) is 0 Å². The lowest BCUT2D eigenvalue weighted by molar-refractivity contribution is 0.0951. The molecule has 20 heavy (non-hydrogen) atoms. The van der Waals surface area contributed by atoms with E-state index in [0.29, 0.717) is 11.1 Å². The van der Waals surface area contributed by atoms with E-state index in [-0.39, 0.29) is 18.2 Å². The summed E-state index contributed by atoms with van der Waals surface area (Å²) < 4.78 is 18.4. The molecule has 0 aliphatic heterocycles. The third-order valence-electron chi connectivity index (χ3n) is 2.95. The zero-order chi connectivity index (χ0) is 14.5. The van der Waals surface area contributed by atoms with E-state index in [9.17, 15) is 9.18 Å². The Morgan fingerprint density at radius 3 is 2.70 bits per heavy atom. The van der Waals surface area contributed by atoms with Crippen LogP contribution in [0.2, 0.25) is 0 Å². The smallest absolute Gasteiger partial charge is 0.251 e. The van der Waals surface area contributed by atoms with E-state index in [1.54, 1.807) is 18.2 Å². The van der Waals surface area contributed by atoms with Crippen LogP contribution < -0.4 is 10.1 Å². The van der Waals surface area contributed by atoms with Crippen molar-refractivity contribution < 1.29 is 13.9 Å². The molecule has 1 amide bonds. The predicted molar refractivity (Wildman–Crippen MR) is 75.3 cm³/mol. The van der Waals surface area contributed by atoms with Gasteiger partial charge in [0.15, 0.2) is 11.6 Å². The minimum atomic E-state index is -0.435. The first-order valence-electron chi connectivity index (χ1n) is 6.27. The molecule has 0 unspecified atom stereocenters. The summed E-state index contributed by atoms with van der Waals surface area (Å²) in [4.78, 5) is 11.9. The van der Waals surface area contributed by atoms with Crippen molar-refractivity contribution in [1.29, 1.82) is 0 Å². The van der Waals surface area contributed by atoms with Crippen LogP contribution in [0.15, 0.2) is 42.5 Å². The molecule has 104 valence electrons. The number of amides is 1. The summed E-state index contributed by atoms with van der Waals surface area (Å²) >= 11 is 0. The van der Waals surface area contributed by atoms with Crippen LogP contribution >= 0.6 is 0 Å². The lowest BCUT2D eigenvalue weighted by atomic mass is 10.1. The molecule has 0 saturated carbocycles. The van der Waals surface area contributed by atoms with Crippen LogP contribution in [0.5, 0.6) is 5.75 Å². The van der Waals surface area contributed by atoms with E-state index in [1.807, 2.05) is 25.1 Å². The second-order valence-electron chi connectivity index (χ2n) is 4.52. The van der Waals surface area contributed by atoms with E-state index in [4.69, 9.17) is 4.74 Å². The summed E-state index contributed by atoms with van der Waals surface area (Å²) in [5.74, 6) is -0.418. The number of aryl methyl sites for hydroxylation is 1. The summed E-state index contributed by atoms with van der Waals surface area (Å²) in [6.45, 7) is 2.20. The normalized spacial score (nSPS) is 10.2. The number of carbonyl (C=O) groups excluding carboxylic acids is 1. The lowest BCUT2D eigenvalue weighted by Crippen LogP contribution is -2.22. The van der Waals surface area contributed by atoms with Crippen LogP contribution in [0.25, 0.3) is 0 Å². The van der Waals surface area contributed by atoms with Gasteiger partial charge in [0.05, 0.1) is 7.11 Å². The minimum absolute atomic E-state index is 0.176. The molecular weight excluding hydrogens is 257 g/mol. The van der Waals surface area contributed by atoms with Crippen LogP contribution in [0.1, 0.15) is 21.5 Å². The minimum Gasteiger partial charge on any atom is -0.494 e. The van der Waals surface area contributed by atoms with Gasteiger partial charge >= 0.3 is 0 Å². The number of ether oxygens (including phenoxy) is 1. The standard InChI is InChI=1S/C16H16FNO2/c1-11-4-3-5-13(8-11)16(19)18-10-12-6-7-15(20-2)14(17)9-12/h3-9H,10H2,1-2H3,(H,18,19). The second kappa shape index (κ2) is 6.19. The van der Waals surface area contributed by atoms with Gasteiger partial charge in [-0.15, -0.1) is 0 Å². The number of hydrogen-bond acceptors (Lipinski definition) is 2. The molecule has 0 spiro atoms. The molecule has 0 bridgehead atoms. The lowest BCUT2D eigenvalue weighted by Gasteiger charge is -2.08. The molecule has 0 heterocycles. The van der Waals surface area contributed by atoms with Crippen LogP contribution in [-0.2, 0) is 6.54 Å². The molecular formula is C16H16FNO2. The Morgan fingerprint density at radius 2 is 2.05 bits per heavy atom. The van der Waals surface area contributed by atoms with E-state index >= 15 is 0 Å². The van der Waals surface area contributed by atoms with Crippen LogP contribution in [0, 0.1) is 12.7 Å². The highest BCUT2D eigenvalue weighted by Crippen LogP contribution is 2.17. The fourth-order valence-corrected chi connectivity index (χ4v) is 1.89. The highest BCUT2D eigenvalue weighted by atomic mass is 19.1. The Labute approximate surface area is 117 Å². The molecule has 0 atom stereocenters. The van der Waals surface area contributed by atoms with Crippen LogP contribution in [0.3, 0.4) is 0 Å². The van der Waals surface area contributed by atoms with E-state index < -0.39 is 5.82 Å². The molecule has 0 aliphatic rings. The van der Waals surface area contributed by atoms with Gasteiger partial charge in [-0.3, -0.25) is 4.79 Å². The first-order valence-corrected chi connectivity index (χ1v) is 6.27. The maximum absolute atomic E-state index is 13.5. The van der Waals surface area contributed by atoms with Crippen molar-refractivity contribution in [2.24, 2.45) is 0 Å². The van der Waals surface area contributed by atoms with Crippen molar-refractivity contribution >= 4 is 5.91 Å². The molecule has 0 fully saturated rings. The number of nitrogens with one attached hydrogen (secondary N) is 1. The summed E-state index contributed by atoms with van der Waals surface area (Å²) in [6, 6.07) is 11.9. The fraction of sp³-hybridized carbons (Fsp3) is 0.188. The monoisotopic (exact) mass is 273 g/mol. The average Bonchev–Trinajstić information content (AvgIpc) is 2.45. The number of carbonyl (C=O) groups is 1. The molecule has 2 aromatic rings. The molecule has 4 heteroatoms. The van der Waals surface area contributed by atoms with E-state index in [2.05, 4.69) is 5.32 Å². The molecule has 0 saturated heterocycles. The highest BCUT2D eigenvalue weighted by molar-refractivity contribution is 5.94. The third-order valence-corrected chi connectivity index (χ3v) is 2.95. The van der Waals surface area contributed by atoms with Gasteiger partial charge in [0, 0.05) is 12.1 Å². The first-order chi connectivity index (χ1) is 9.60. The average molecular weight is 273 g/mol. The largest absolute Gasteiger partial charge is 0.494 e. The van der Waals surface area contributed by atoms with Gasteiger partial charge in [-0.05, 0) is 36.8 Å². The first kappa shape index (κ1) is 14.1. The van der Waals surface area contributed by atoms with Gasteiger partial charge in [-0.25, -0.2) is 4.39 Å². The van der Waals surface area contributed by atoms with Crippen molar-refractivity contribution in [3.05, 3.63) is 65.0 Å². The molecule has 2 aromatic carbocycles. The summed E-state index contributed by atoms with van der Waals surface area (Å²) in [5, 5.41) is 2.76. The molecule has 0 aliphatic carbocycles. The quantitative estimate of drug-likeness (QED) is 0.929. The third kappa shape index (κ3) is 3.35. The molecule has 0 radical (unpaired) electrons. The molecule has 3 nitrogen and oxygen atoms in total. The Morgan fingerprint density at radius 1 is 1.25 bits per heavy atom. The topological polar surface area (TPSA) is 38.3 Å².